The summed E-state index contributed by atoms with van der Waals surface area (Å²) in [6.45, 7) is 4.71. The molecular weight excluding hydrogens is 224 g/mol. The quantitative estimate of drug-likeness (QED) is 0.868. The van der Waals surface area contributed by atoms with Gasteiger partial charge in [-0.1, -0.05) is 26.0 Å². The number of anilines is 1. The van der Waals surface area contributed by atoms with Crippen molar-refractivity contribution in [3.05, 3.63) is 29.8 Å². The van der Waals surface area contributed by atoms with Gasteiger partial charge in [-0.3, -0.25) is 4.79 Å². The first-order valence-corrected chi connectivity index (χ1v) is 6.73. The summed E-state index contributed by atoms with van der Waals surface area (Å²) in [5.74, 6) is 0.648. The highest BCUT2D eigenvalue weighted by atomic mass is 16.2. The van der Waals surface area contributed by atoms with Gasteiger partial charge in [0.25, 0.3) is 0 Å². The van der Waals surface area contributed by atoms with Crippen LogP contribution < -0.4 is 10.6 Å². The van der Waals surface area contributed by atoms with Crippen LogP contribution in [-0.2, 0) is 11.3 Å². The van der Waals surface area contributed by atoms with E-state index >= 15 is 0 Å². The topological polar surface area (TPSA) is 46.3 Å². The van der Waals surface area contributed by atoms with Gasteiger partial charge in [-0.25, -0.2) is 0 Å². The molecule has 1 aromatic rings. The van der Waals surface area contributed by atoms with Gasteiger partial charge < -0.3 is 10.6 Å². The molecule has 1 saturated carbocycles. The minimum Gasteiger partial charge on any atom is -0.326 e. The molecule has 2 rings (SSSR count). The number of hydrogen-bond donors (Lipinski definition) is 1. The molecule has 2 N–H and O–H groups in total. The van der Waals surface area contributed by atoms with Crippen LogP contribution in [0.3, 0.4) is 0 Å². The van der Waals surface area contributed by atoms with Crippen LogP contribution in [0.4, 0.5) is 5.69 Å². The Hall–Kier alpha value is -1.35. The summed E-state index contributed by atoms with van der Waals surface area (Å²) in [6, 6.07) is 8.46. The zero-order valence-electron chi connectivity index (χ0n) is 11.2. The summed E-state index contributed by atoms with van der Waals surface area (Å²) >= 11 is 0. The summed E-state index contributed by atoms with van der Waals surface area (Å²) < 4.78 is 0. The molecule has 1 aromatic carbocycles. The van der Waals surface area contributed by atoms with Crippen LogP contribution in [-0.4, -0.2) is 11.9 Å². The predicted octanol–water partition coefficient (Wildman–Crippen LogP) is 2.69. The molecule has 1 aliphatic carbocycles. The number of amides is 1. The van der Waals surface area contributed by atoms with Crippen LogP contribution in [0.15, 0.2) is 24.3 Å². The Bertz CT molecular complexity index is 407. The Labute approximate surface area is 109 Å². The molecule has 3 nitrogen and oxygen atoms in total. The van der Waals surface area contributed by atoms with Crippen molar-refractivity contribution in [2.24, 2.45) is 11.7 Å². The average molecular weight is 246 g/mol. The summed E-state index contributed by atoms with van der Waals surface area (Å²) in [4.78, 5) is 14.3. The molecule has 0 spiro atoms. The summed E-state index contributed by atoms with van der Waals surface area (Å²) in [7, 11) is 0. The van der Waals surface area contributed by atoms with E-state index in [4.69, 9.17) is 5.73 Å². The molecule has 0 radical (unpaired) electrons. The molecule has 0 bridgehead atoms. The highest BCUT2D eigenvalue weighted by Crippen LogP contribution is 2.32. The number of benzene rings is 1. The zero-order valence-corrected chi connectivity index (χ0v) is 11.2. The fraction of sp³-hybridized carbons (Fsp3) is 0.533. The van der Waals surface area contributed by atoms with Gasteiger partial charge in [0.15, 0.2) is 0 Å². The Morgan fingerprint density at radius 1 is 1.33 bits per heavy atom. The molecule has 3 heteroatoms. The summed E-state index contributed by atoms with van der Waals surface area (Å²) in [5.41, 5.74) is 7.71. The third-order valence-corrected chi connectivity index (χ3v) is 3.21. The lowest BCUT2D eigenvalue weighted by Gasteiger charge is -2.23. The smallest absolute Gasteiger partial charge is 0.227 e. The Morgan fingerprint density at radius 2 is 1.94 bits per heavy atom. The van der Waals surface area contributed by atoms with Gasteiger partial charge in [-0.05, 0) is 36.5 Å². The van der Waals surface area contributed by atoms with E-state index in [1.807, 2.05) is 29.2 Å². The second kappa shape index (κ2) is 5.53. The number of carbonyl (C=O) groups is 1. The van der Waals surface area contributed by atoms with E-state index in [0.29, 0.717) is 24.9 Å². The van der Waals surface area contributed by atoms with Crippen molar-refractivity contribution in [2.45, 2.75) is 45.7 Å². The minimum atomic E-state index is 0.244. The van der Waals surface area contributed by atoms with Gasteiger partial charge in [-0.2, -0.15) is 0 Å². The standard InChI is InChI=1S/C15H22N2O/c1-11(2)9-15(18)17(14-7-8-14)13-5-3-12(10-16)4-6-13/h3-6,11,14H,7-10,16H2,1-2H3. The van der Waals surface area contributed by atoms with Crippen LogP contribution in [0.25, 0.3) is 0 Å². The highest BCUT2D eigenvalue weighted by molar-refractivity contribution is 5.94. The van der Waals surface area contributed by atoms with E-state index in [1.54, 1.807) is 0 Å². The van der Waals surface area contributed by atoms with Gasteiger partial charge in [-0.15, -0.1) is 0 Å². The van der Waals surface area contributed by atoms with Crippen molar-refractivity contribution in [2.75, 3.05) is 4.90 Å². The van der Waals surface area contributed by atoms with Crippen LogP contribution in [0, 0.1) is 5.92 Å². The van der Waals surface area contributed by atoms with Gasteiger partial charge in [0, 0.05) is 24.7 Å². The van der Waals surface area contributed by atoms with Gasteiger partial charge >= 0.3 is 0 Å². The van der Waals surface area contributed by atoms with Crippen molar-refractivity contribution < 1.29 is 4.79 Å². The maximum Gasteiger partial charge on any atom is 0.227 e. The number of rotatable bonds is 5. The second-order valence-electron chi connectivity index (χ2n) is 5.46. The monoisotopic (exact) mass is 246 g/mol. The molecule has 18 heavy (non-hydrogen) atoms. The summed E-state index contributed by atoms with van der Waals surface area (Å²) in [5, 5.41) is 0. The molecule has 0 heterocycles. The zero-order chi connectivity index (χ0) is 13.1. The molecule has 0 aliphatic heterocycles. The maximum atomic E-state index is 12.3. The first-order valence-electron chi connectivity index (χ1n) is 6.73. The molecule has 1 aliphatic rings. The normalized spacial score (nSPS) is 14.9. The lowest BCUT2D eigenvalue weighted by atomic mass is 10.1. The van der Waals surface area contributed by atoms with E-state index < -0.39 is 0 Å². The van der Waals surface area contributed by atoms with Crippen molar-refractivity contribution in [3.8, 4) is 0 Å². The SMILES string of the molecule is CC(C)CC(=O)N(c1ccc(CN)cc1)C1CC1. The van der Waals surface area contributed by atoms with E-state index in [-0.39, 0.29) is 5.91 Å². The Kier molecular flexibility index (Phi) is 4.02. The molecule has 1 fully saturated rings. The largest absolute Gasteiger partial charge is 0.326 e. The molecule has 1 amide bonds. The number of hydrogen-bond acceptors (Lipinski definition) is 2. The third kappa shape index (κ3) is 3.10. The van der Waals surface area contributed by atoms with Gasteiger partial charge in [0.05, 0.1) is 0 Å². The van der Waals surface area contributed by atoms with Crippen molar-refractivity contribution >= 4 is 11.6 Å². The van der Waals surface area contributed by atoms with Crippen molar-refractivity contribution in [1.82, 2.24) is 0 Å². The predicted molar refractivity (Wildman–Crippen MR) is 74.3 cm³/mol. The minimum absolute atomic E-state index is 0.244. The second-order valence-corrected chi connectivity index (χ2v) is 5.46. The maximum absolute atomic E-state index is 12.3. The molecule has 0 aromatic heterocycles. The van der Waals surface area contributed by atoms with Crippen LogP contribution in [0.2, 0.25) is 0 Å². The average Bonchev–Trinajstić information content (AvgIpc) is 3.14. The first kappa shape index (κ1) is 13.1. The number of nitrogens with two attached hydrogens (primary N) is 1. The Balaban J connectivity index is 2.15. The lowest BCUT2D eigenvalue weighted by Crippen LogP contribution is -2.33. The van der Waals surface area contributed by atoms with Gasteiger partial charge in [0.2, 0.25) is 5.91 Å². The summed E-state index contributed by atoms with van der Waals surface area (Å²) in [6.07, 6.45) is 2.88. The van der Waals surface area contributed by atoms with E-state index in [0.717, 1.165) is 24.1 Å². The number of nitrogens with zero attached hydrogens (tertiary/aromatic N) is 1. The molecule has 98 valence electrons. The van der Waals surface area contributed by atoms with E-state index in [9.17, 15) is 4.79 Å². The third-order valence-electron chi connectivity index (χ3n) is 3.21. The van der Waals surface area contributed by atoms with Crippen molar-refractivity contribution in [1.29, 1.82) is 0 Å². The van der Waals surface area contributed by atoms with E-state index in [1.165, 1.54) is 0 Å². The molecular formula is C15H22N2O. The fourth-order valence-electron chi connectivity index (χ4n) is 2.13. The molecule has 0 atom stereocenters. The number of carbonyl (C=O) groups excluding carboxylic acids is 1. The van der Waals surface area contributed by atoms with E-state index in [2.05, 4.69) is 13.8 Å². The molecule has 0 saturated heterocycles. The highest BCUT2D eigenvalue weighted by Gasteiger charge is 2.33. The van der Waals surface area contributed by atoms with Crippen LogP contribution >= 0.6 is 0 Å². The van der Waals surface area contributed by atoms with Crippen molar-refractivity contribution in [3.63, 3.8) is 0 Å². The fourth-order valence-corrected chi connectivity index (χ4v) is 2.13. The van der Waals surface area contributed by atoms with Gasteiger partial charge in [0.1, 0.15) is 0 Å². The first-order chi connectivity index (χ1) is 8.61. The van der Waals surface area contributed by atoms with Crippen LogP contribution in [0.1, 0.15) is 38.7 Å². The Morgan fingerprint density at radius 3 is 2.39 bits per heavy atom. The van der Waals surface area contributed by atoms with Crippen LogP contribution in [0.5, 0.6) is 0 Å². The molecule has 0 unspecified atom stereocenters. The lowest BCUT2D eigenvalue weighted by molar-refractivity contribution is -0.119.